The van der Waals surface area contributed by atoms with Gasteiger partial charge in [-0.1, -0.05) is 19.9 Å². The Balaban J connectivity index is 0.00000235. The highest BCUT2D eigenvalue weighted by Gasteiger charge is 2.50. The fraction of sp³-hybridized carbons (Fsp3) is 0.500. The van der Waals surface area contributed by atoms with E-state index in [2.05, 4.69) is 37.0 Å². The standard InChI is InChI=1S/C32H40FN7O4.C2H6/c1-18(2)35-27(41)21-15-34-28(39-26(21)38-24-11-10-23(33)25(37-24)31(6,7)43)36-20-8-9-22-19(14-20)16-40(17-32(22)12-13-32)29(42)44-30(3,4)5;1-2/h8-11,14-15,18,43H,12-13,16-17H2,1-7H3,(H,35,41)(H2,34,36,37,38,39);1-2H3. The van der Waals surface area contributed by atoms with Gasteiger partial charge in [0.1, 0.15) is 39.9 Å². The number of aromatic nitrogens is 3. The number of amides is 2. The molecule has 1 aromatic carbocycles. The lowest BCUT2D eigenvalue weighted by Crippen LogP contribution is -2.44. The van der Waals surface area contributed by atoms with Crippen molar-refractivity contribution in [1.82, 2.24) is 25.2 Å². The van der Waals surface area contributed by atoms with E-state index < -0.39 is 22.9 Å². The molecule has 2 aromatic heterocycles. The van der Waals surface area contributed by atoms with E-state index in [9.17, 15) is 19.1 Å². The van der Waals surface area contributed by atoms with Gasteiger partial charge in [-0.15, -0.1) is 0 Å². The second-order valence-electron chi connectivity index (χ2n) is 13.4. The molecule has 12 heteroatoms. The Labute approximate surface area is 270 Å². The number of fused-ring (bicyclic) bond motifs is 2. The molecule has 1 spiro atoms. The van der Waals surface area contributed by atoms with Crippen LogP contribution in [0.15, 0.2) is 36.5 Å². The second kappa shape index (κ2) is 13.2. The summed E-state index contributed by atoms with van der Waals surface area (Å²) >= 11 is 0. The van der Waals surface area contributed by atoms with Crippen LogP contribution in [0.4, 0.5) is 32.5 Å². The fourth-order valence-corrected chi connectivity index (χ4v) is 5.30. The zero-order chi connectivity index (χ0) is 34.0. The molecule has 1 saturated carbocycles. The van der Waals surface area contributed by atoms with E-state index in [0.717, 1.165) is 18.4 Å². The molecule has 1 aliphatic carbocycles. The van der Waals surface area contributed by atoms with Gasteiger partial charge in [-0.05, 0) is 96.7 Å². The van der Waals surface area contributed by atoms with Crippen molar-refractivity contribution in [3.63, 3.8) is 0 Å². The van der Waals surface area contributed by atoms with Gasteiger partial charge < -0.3 is 30.7 Å². The summed E-state index contributed by atoms with van der Waals surface area (Å²) in [7, 11) is 0. The summed E-state index contributed by atoms with van der Waals surface area (Å²) in [6.07, 6.45) is 3.09. The first kappa shape index (κ1) is 34.6. The van der Waals surface area contributed by atoms with Crippen molar-refractivity contribution in [3.8, 4) is 0 Å². The summed E-state index contributed by atoms with van der Waals surface area (Å²) in [5.41, 5.74) is 0.815. The van der Waals surface area contributed by atoms with Crippen molar-refractivity contribution in [3.05, 3.63) is 64.7 Å². The first-order valence-corrected chi connectivity index (χ1v) is 15.8. The van der Waals surface area contributed by atoms with Crippen LogP contribution in [0.25, 0.3) is 0 Å². The van der Waals surface area contributed by atoms with E-state index in [1.165, 1.54) is 37.7 Å². The number of hydrogen-bond acceptors (Lipinski definition) is 9. The molecule has 1 fully saturated rings. The quantitative estimate of drug-likeness (QED) is 0.224. The lowest BCUT2D eigenvalue weighted by molar-refractivity contribution is 0.0196. The molecular weight excluding hydrogens is 589 g/mol. The van der Waals surface area contributed by atoms with Crippen molar-refractivity contribution >= 4 is 35.3 Å². The zero-order valence-electron chi connectivity index (χ0n) is 28.2. The van der Waals surface area contributed by atoms with Gasteiger partial charge in [0.2, 0.25) is 5.95 Å². The van der Waals surface area contributed by atoms with Crippen LogP contribution in [0.5, 0.6) is 0 Å². The Kier molecular flexibility index (Phi) is 9.91. The highest BCUT2D eigenvalue weighted by atomic mass is 19.1. The zero-order valence-corrected chi connectivity index (χ0v) is 28.2. The van der Waals surface area contributed by atoms with Gasteiger partial charge in [0.05, 0.1) is 0 Å². The minimum Gasteiger partial charge on any atom is -0.444 e. The molecule has 3 aromatic rings. The molecule has 3 heterocycles. The Hall–Kier alpha value is -4.32. The van der Waals surface area contributed by atoms with Crippen molar-refractivity contribution in [2.45, 2.75) is 104 Å². The average molecular weight is 636 g/mol. The number of anilines is 4. The number of benzene rings is 1. The molecule has 0 radical (unpaired) electrons. The minimum atomic E-state index is -1.53. The van der Waals surface area contributed by atoms with Gasteiger partial charge >= 0.3 is 6.09 Å². The Morgan fingerprint density at radius 2 is 1.74 bits per heavy atom. The van der Waals surface area contributed by atoms with Gasteiger partial charge in [0.15, 0.2) is 0 Å². The van der Waals surface area contributed by atoms with Crippen LogP contribution in [0, 0.1) is 5.82 Å². The molecule has 2 aliphatic rings. The molecule has 0 bridgehead atoms. The van der Waals surface area contributed by atoms with E-state index in [-0.39, 0.29) is 46.4 Å². The fourth-order valence-electron chi connectivity index (χ4n) is 5.30. The van der Waals surface area contributed by atoms with Crippen LogP contribution < -0.4 is 16.0 Å². The van der Waals surface area contributed by atoms with Gasteiger partial charge in [0, 0.05) is 36.4 Å². The summed E-state index contributed by atoms with van der Waals surface area (Å²) in [6, 6.07) is 8.48. The summed E-state index contributed by atoms with van der Waals surface area (Å²) in [5.74, 6) is -0.509. The van der Waals surface area contributed by atoms with Crippen LogP contribution in [-0.2, 0) is 22.3 Å². The Bertz CT molecular complexity index is 1590. The number of nitrogens with zero attached hydrogens (tertiary/aromatic N) is 4. The van der Waals surface area contributed by atoms with E-state index in [0.29, 0.717) is 18.8 Å². The number of halogens is 1. The SMILES string of the molecule is CC.CC(C)NC(=O)c1cnc(Nc2ccc3c(c2)CN(C(=O)OC(C)(C)C)CC32CC2)nc1Nc1ccc(F)c(C(C)(C)O)n1. The number of aliphatic hydroxyl groups is 1. The number of carbonyl (C=O) groups excluding carboxylic acids is 2. The molecule has 5 rings (SSSR count). The topological polar surface area (TPSA) is 142 Å². The van der Waals surface area contributed by atoms with Crippen LogP contribution in [-0.4, -0.2) is 55.1 Å². The smallest absolute Gasteiger partial charge is 0.410 e. The molecule has 1 aliphatic heterocycles. The summed E-state index contributed by atoms with van der Waals surface area (Å²) in [6.45, 7) is 17.2. The monoisotopic (exact) mass is 635 g/mol. The van der Waals surface area contributed by atoms with Crippen molar-refractivity contribution in [2.24, 2.45) is 0 Å². The highest BCUT2D eigenvalue weighted by molar-refractivity contribution is 5.99. The Morgan fingerprint density at radius 3 is 2.35 bits per heavy atom. The number of carbonyl (C=O) groups is 2. The van der Waals surface area contributed by atoms with Gasteiger partial charge in [-0.3, -0.25) is 4.79 Å². The molecule has 46 heavy (non-hydrogen) atoms. The van der Waals surface area contributed by atoms with Gasteiger partial charge in [-0.25, -0.2) is 19.2 Å². The maximum Gasteiger partial charge on any atom is 0.410 e. The minimum absolute atomic E-state index is 0.0494. The van der Waals surface area contributed by atoms with Crippen LogP contribution >= 0.6 is 0 Å². The van der Waals surface area contributed by atoms with E-state index >= 15 is 0 Å². The number of pyridine rings is 1. The summed E-state index contributed by atoms with van der Waals surface area (Å²) in [4.78, 5) is 40.9. The lowest BCUT2D eigenvalue weighted by Gasteiger charge is -2.36. The van der Waals surface area contributed by atoms with E-state index in [1.807, 2.05) is 60.6 Å². The lowest BCUT2D eigenvalue weighted by atomic mass is 9.87. The molecule has 4 N–H and O–H groups in total. The molecule has 248 valence electrons. The van der Waals surface area contributed by atoms with Crippen LogP contribution in [0.1, 0.15) is 102 Å². The molecule has 0 saturated heterocycles. The van der Waals surface area contributed by atoms with Crippen molar-refractivity contribution < 1.29 is 23.8 Å². The molecule has 2 amide bonds. The molecule has 0 unspecified atom stereocenters. The molecule has 0 atom stereocenters. The predicted octanol–water partition coefficient (Wildman–Crippen LogP) is 6.67. The third kappa shape index (κ3) is 8.09. The number of ether oxygens (including phenoxy) is 1. The third-order valence-corrected chi connectivity index (χ3v) is 7.42. The van der Waals surface area contributed by atoms with Crippen molar-refractivity contribution in [1.29, 1.82) is 0 Å². The number of nitrogens with one attached hydrogen (secondary N) is 3. The number of hydrogen-bond donors (Lipinski definition) is 4. The van der Waals surface area contributed by atoms with Crippen LogP contribution in [0.2, 0.25) is 0 Å². The largest absolute Gasteiger partial charge is 0.444 e. The maximum atomic E-state index is 14.4. The predicted molar refractivity (Wildman–Crippen MR) is 176 cm³/mol. The summed E-state index contributed by atoms with van der Waals surface area (Å²) in [5, 5.41) is 19.4. The average Bonchev–Trinajstić information content (AvgIpc) is 3.72. The molecule has 11 nitrogen and oxygen atoms in total. The van der Waals surface area contributed by atoms with E-state index in [1.54, 1.807) is 4.90 Å². The maximum absolute atomic E-state index is 14.4. The van der Waals surface area contributed by atoms with Crippen LogP contribution in [0.3, 0.4) is 0 Å². The van der Waals surface area contributed by atoms with E-state index in [4.69, 9.17) is 4.74 Å². The molecular formula is C34H46FN7O4. The summed E-state index contributed by atoms with van der Waals surface area (Å²) < 4.78 is 20.1. The second-order valence-corrected chi connectivity index (χ2v) is 13.4. The van der Waals surface area contributed by atoms with Crippen molar-refractivity contribution in [2.75, 3.05) is 17.2 Å². The van der Waals surface area contributed by atoms with Gasteiger partial charge in [0.25, 0.3) is 5.91 Å². The third-order valence-electron chi connectivity index (χ3n) is 7.42. The normalized spacial score (nSPS) is 15.0. The Morgan fingerprint density at radius 1 is 1.04 bits per heavy atom. The van der Waals surface area contributed by atoms with Gasteiger partial charge in [-0.2, -0.15) is 4.98 Å². The highest BCUT2D eigenvalue weighted by Crippen LogP contribution is 2.53. The first-order valence-electron chi connectivity index (χ1n) is 15.8. The number of rotatable bonds is 7. The first-order chi connectivity index (χ1) is 21.5.